The topological polar surface area (TPSA) is 83.8 Å². The molecule has 0 unspecified atom stereocenters. The highest BCUT2D eigenvalue weighted by atomic mass is 16.7. The van der Waals surface area contributed by atoms with Gasteiger partial charge in [-0.1, -0.05) is 6.07 Å². The van der Waals surface area contributed by atoms with Gasteiger partial charge in [-0.2, -0.15) is 4.68 Å². The van der Waals surface area contributed by atoms with Crippen LogP contribution < -0.4 is 18.9 Å². The molecule has 2 aliphatic heterocycles. The quantitative estimate of drug-likeness (QED) is 0.663. The largest absolute Gasteiger partial charge is 0.497 e. The Bertz CT molecular complexity index is 1070. The first kappa shape index (κ1) is 17.7. The monoisotopic (exact) mass is 395 g/mol. The van der Waals surface area contributed by atoms with Gasteiger partial charge >= 0.3 is 0 Å². The Balaban J connectivity index is 1.69. The summed E-state index contributed by atoms with van der Waals surface area (Å²) < 4.78 is 24.2. The summed E-state index contributed by atoms with van der Waals surface area (Å²) in [6.07, 6.45) is 0.871. The fourth-order valence-corrected chi connectivity index (χ4v) is 4.05. The van der Waals surface area contributed by atoms with Crippen LogP contribution in [-0.2, 0) is 6.42 Å². The molecule has 0 amide bonds. The van der Waals surface area contributed by atoms with Crippen LogP contribution in [-0.4, -0.2) is 59.7 Å². The molecular weight excluding hydrogens is 374 g/mol. The lowest BCUT2D eigenvalue weighted by Crippen LogP contribution is -2.35. The normalized spacial score (nSPS) is 17.8. The summed E-state index contributed by atoms with van der Waals surface area (Å²) in [5.41, 5.74) is 2.98. The van der Waals surface area contributed by atoms with Crippen molar-refractivity contribution in [2.24, 2.45) is 0 Å². The lowest BCUT2D eigenvalue weighted by atomic mass is 9.90. The number of likely N-dealkylation sites (N-methyl/N-ethyl adjacent to an activating group) is 1. The molecule has 0 radical (unpaired) electrons. The Labute approximate surface area is 167 Å². The fraction of sp³-hybridized carbons (Fsp3) is 0.350. The summed E-state index contributed by atoms with van der Waals surface area (Å²) in [7, 11) is 5.34. The van der Waals surface area contributed by atoms with Crippen LogP contribution in [0.4, 0.5) is 0 Å². The molecule has 1 atom stereocenters. The van der Waals surface area contributed by atoms with E-state index in [1.165, 1.54) is 0 Å². The van der Waals surface area contributed by atoms with Gasteiger partial charge in [0.2, 0.25) is 12.5 Å². The molecule has 0 N–H and O–H groups in total. The van der Waals surface area contributed by atoms with E-state index in [1.54, 1.807) is 18.9 Å². The predicted octanol–water partition coefficient (Wildman–Crippen LogP) is 1.99. The molecule has 0 bridgehead atoms. The molecule has 3 heterocycles. The number of hydrogen-bond acceptors (Lipinski definition) is 8. The number of hydrogen-bond donors (Lipinski definition) is 0. The van der Waals surface area contributed by atoms with Crippen LogP contribution in [0.1, 0.15) is 23.0 Å². The van der Waals surface area contributed by atoms with Crippen molar-refractivity contribution in [3.05, 3.63) is 47.3 Å². The van der Waals surface area contributed by atoms with Gasteiger partial charge in [-0.3, -0.25) is 4.90 Å². The van der Waals surface area contributed by atoms with Gasteiger partial charge in [0, 0.05) is 18.2 Å². The van der Waals surface area contributed by atoms with Crippen molar-refractivity contribution in [3.63, 3.8) is 0 Å². The second kappa shape index (κ2) is 6.93. The molecule has 5 rings (SSSR count). The fourth-order valence-electron chi connectivity index (χ4n) is 4.05. The van der Waals surface area contributed by atoms with E-state index in [1.807, 2.05) is 30.3 Å². The molecular formula is C20H21N5O4. The molecule has 1 aromatic heterocycles. The van der Waals surface area contributed by atoms with Crippen molar-refractivity contribution in [1.82, 2.24) is 25.1 Å². The maximum atomic E-state index is 5.78. The third kappa shape index (κ3) is 2.77. The minimum Gasteiger partial charge on any atom is -0.497 e. The van der Waals surface area contributed by atoms with E-state index in [2.05, 4.69) is 27.5 Å². The van der Waals surface area contributed by atoms with Crippen LogP contribution in [0, 0.1) is 0 Å². The Morgan fingerprint density at radius 3 is 2.86 bits per heavy atom. The van der Waals surface area contributed by atoms with E-state index in [4.69, 9.17) is 18.9 Å². The van der Waals surface area contributed by atoms with Crippen LogP contribution in [0.5, 0.6) is 23.0 Å². The number of aromatic nitrogens is 4. The van der Waals surface area contributed by atoms with E-state index < -0.39 is 0 Å². The minimum atomic E-state index is -0.204. The second-order valence-corrected chi connectivity index (χ2v) is 7.00. The van der Waals surface area contributed by atoms with Crippen LogP contribution in [0.3, 0.4) is 0 Å². The van der Waals surface area contributed by atoms with Gasteiger partial charge in [0.15, 0.2) is 17.3 Å². The third-order valence-electron chi connectivity index (χ3n) is 5.43. The van der Waals surface area contributed by atoms with Gasteiger partial charge < -0.3 is 18.9 Å². The lowest BCUT2D eigenvalue weighted by molar-refractivity contribution is 0.170. The van der Waals surface area contributed by atoms with Crippen LogP contribution in [0.2, 0.25) is 0 Å². The minimum absolute atomic E-state index is 0.191. The third-order valence-corrected chi connectivity index (χ3v) is 5.43. The van der Waals surface area contributed by atoms with Crippen molar-refractivity contribution in [1.29, 1.82) is 0 Å². The molecule has 0 spiro atoms. The molecule has 0 aliphatic carbocycles. The zero-order valence-electron chi connectivity index (χ0n) is 16.5. The summed E-state index contributed by atoms with van der Waals surface area (Å²) in [6, 6.07) is 9.49. The number of nitrogens with zero attached hydrogens (tertiary/aromatic N) is 5. The summed E-state index contributed by atoms with van der Waals surface area (Å²) >= 11 is 0. The van der Waals surface area contributed by atoms with Gasteiger partial charge in [-0.15, -0.1) is 5.10 Å². The molecule has 2 aromatic carbocycles. The van der Waals surface area contributed by atoms with Gasteiger partial charge in [-0.25, -0.2) is 0 Å². The standard InChI is InChI=1S/C20H21N5O4/c1-24-8-7-12-9-15-18(29-11-28-15)19(27-3)16(12)17(24)20-21-22-23-25(20)13-5-4-6-14(10-13)26-2/h4-6,9-10,17H,7-8,11H2,1-3H3/t17-/m1/s1. The molecule has 0 saturated carbocycles. The Morgan fingerprint density at radius 2 is 2.03 bits per heavy atom. The molecule has 2 aliphatic rings. The number of fused-ring (bicyclic) bond motifs is 2. The molecule has 0 fully saturated rings. The molecule has 9 nitrogen and oxygen atoms in total. The van der Waals surface area contributed by atoms with Gasteiger partial charge in [0.1, 0.15) is 11.8 Å². The first-order valence-electron chi connectivity index (χ1n) is 9.33. The highest BCUT2D eigenvalue weighted by molar-refractivity contribution is 5.62. The number of rotatable bonds is 4. The zero-order valence-corrected chi connectivity index (χ0v) is 16.5. The van der Waals surface area contributed by atoms with Crippen LogP contribution >= 0.6 is 0 Å². The Morgan fingerprint density at radius 1 is 1.14 bits per heavy atom. The van der Waals surface area contributed by atoms with Crippen LogP contribution in [0.15, 0.2) is 30.3 Å². The number of ether oxygens (including phenoxy) is 4. The van der Waals surface area contributed by atoms with E-state index in [9.17, 15) is 0 Å². The van der Waals surface area contributed by atoms with Crippen molar-refractivity contribution in [2.45, 2.75) is 12.5 Å². The van der Waals surface area contributed by atoms with Gasteiger partial charge in [0.05, 0.1) is 19.9 Å². The molecule has 9 heteroatoms. The smallest absolute Gasteiger partial charge is 0.231 e. The van der Waals surface area contributed by atoms with E-state index in [0.717, 1.165) is 41.3 Å². The first-order valence-corrected chi connectivity index (χ1v) is 9.33. The second-order valence-electron chi connectivity index (χ2n) is 7.00. The highest BCUT2D eigenvalue weighted by Gasteiger charge is 2.37. The van der Waals surface area contributed by atoms with Crippen LogP contribution in [0.25, 0.3) is 5.69 Å². The summed E-state index contributed by atoms with van der Waals surface area (Å²) in [6.45, 7) is 1.04. The van der Waals surface area contributed by atoms with Crippen molar-refractivity contribution in [3.8, 4) is 28.7 Å². The Hall–Kier alpha value is -3.33. The molecule has 0 saturated heterocycles. The average molecular weight is 395 g/mol. The predicted molar refractivity (Wildman–Crippen MR) is 103 cm³/mol. The summed E-state index contributed by atoms with van der Waals surface area (Å²) in [5.74, 6) is 3.45. The SMILES string of the molecule is COc1cccc(-n2nnnc2[C@H]2c3c(cc4c(c3OC)OCO4)CCN2C)c1. The van der Waals surface area contributed by atoms with Gasteiger partial charge in [-0.05, 0) is 47.7 Å². The van der Waals surface area contributed by atoms with E-state index in [-0.39, 0.29) is 12.8 Å². The molecule has 150 valence electrons. The summed E-state index contributed by atoms with van der Waals surface area (Å²) in [5, 5.41) is 12.6. The highest BCUT2D eigenvalue weighted by Crippen LogP contribution is 2.50. The van der Waals surface area contributed by atoms with Crippen molar-refractivity contribution >= 4 is 0 Å². The maximum absolute atomic E-state index is 5.78. The average Bonchev–Trinajstić information content (AvgIpc) is 3.41. The maximum Gasteiger partial charge on any atom is 0.231 e. The van der Waals surface area contributed by atoms with E-state index >= 15 is 0 Å². The van der Waals surface area contributed by atoms with E-state index in [0.29, 0.717) is 17.3 Å². The zero-order chi connectivity index (χ0) is 20.0. The van der Waals surface area contributed by atoms with Crippen molar-refractivity contribution in [2.75, 3.05) is 34.6 Å². The Kier molecular flexibility index (Phi) is 4.24. The first-order chi connectivity index (χ1) is 14.2. The summed E-state index contributed by atoms with van der Waals surface area (Å²) in [4.78, 5) is 2.22. The number of tetrazole rings is 1. The lowest BCUT2D eigenvalue weighted by Gasteiger charge is -2.34. The molecule has 29 heavy (non-hydrogen) atoms. The number of methoxy groups -OCH3 is 2. The molecule has 3 aromatic rings. The number of benzene rings is 2. The van der Waals surface area contributed by atoms with Crippen molar-refractivity contribution < 1.29 is 18.9 Å². The van der Waals surface area contributed by atoms with Gasteiger partial charge in [0.25, 0.3) is 0 Å².